The Morgan fingerprint density at radius 2 is 1.72 bits per heavy atom. The minimum atomic E-state index is -4.41. The summed E-state index contributed by atoms with van der Waals surface area (Å²) < 4.78 is 48.2. The van der Waals surface area contributed by atoms with Crippen LogP contribution >= 0.6 is 0 Å². The van der Waals surface area contributed by atoms with Gasteiger partial charge in [-0.3, -0.25) is 0 Å². The summed E-state index contributed by atoms with van der Waals surface area (Å²) in [5, 5.41) is 0. The highest BCUT2D eigenvalue weighted by molar-refractivity contribution is 5.77. The molecule has 0 radical (unpaired) electrons. The van der Waals surface area contributed by atoms with Crippen LogP contribution in [-0.4, -0.2) is 69.6 Å². The SMILES string of the molecule is Cc1ccc(C(C)C)cc1Oc1nccc(-c2c(-c3ccc(C(F)(F)F)cc3)ncn2C2CCN(CCN(C)C)CC2)n1. The van der Waals surface area contributed by atoms with Crippen LogP contribution in [0.1, 0.15) is 55.3 Å². The number of nitrogens with zero attached hydrogens (tertiary/aromatic N) is 6. The van der Waals surface area contributed by atoms with Crippen LogP contribution in [0, 0.1) is 6.92 Å². The molecule has 228 valence electrons. The van der Waals surface area contributed by atoms with Crippen molar-refractivity contribution in [3.05, 3.63) is 77.7 Å². The van der Waals surface area contributed by atoms with Gasteiger partial charge in [-0.25, -0.2) is 9.97 Å². The molecule has 7 nitrogen and oxygen atoms in total. The van der Waals surface area contributed by atoms with Crippen molar-refractivity contribution in [2.75, 3.05) is 40.3 Å². The topological polar surface area (TPSA) is 59.3 Å². The fraction of sp³-hybridized carbons (Fsp3) is 0.424. The summed E-state index contributed by atoms with van der Waals surface area (Å²) in [6, 6.07) is 13.4. The van der Waals surface area contributed by atoms with Gasteiger partial charge in [0.15, 0.2) is 0 Å². The predicted molar refractivity (Wildman–Crippen MR) is 162 cm³/mol. The molecule has 2 aromatic carbocycles. The molecule has 5 rings (SSSR count). The summed E-state index contributed by atoms with van der Waals surface area (Å²) in [6.45, 7) is 10.2. The smallest absolute Gasteiger partial charge is 0.416 e. The van der Waals surface area contributed by atoms with Gasteiger partial charge in [-0.2, -0.15) is 18.2 Å². The minimum absolute atomic E-state index is 0.172. The molecule has 0 N–H and O–H groups in total. The van der Waals surface area contributed by atoms with E-state index in [2.05, 4.69) is 53.4 Å². The number of alkyl halides is 3. The van der Waals surface area contributed by atoms with E-state index < -0.39 is 11.7 Å². The molecule has 0 amide bonds. The zero-order valence-corrected chi connectivity index (χ0v) is 25.4. The standard InChI is InChI=1S/C33H39F3N6O/c1-22(2)25-7-6-23(3)29(20-25)43-32-37-15-12-28(39-32)31-30(24-8-10-26(11-9-24)33(34,35)36)38-21-42(31)27-13-16-41(17-14-27)19-18-40(4)5/h6-12,15,20-22,27H,13-14,16-19H2,1-5H3. The monoisotopic (exact) mass is 592 g/mol. The lowest BCUT2D eigenvalue weighted by atomic mass is 10.0. The molecule has 4 aromatic rings. The fourth-order valence-electron chi connectivity index (χ4n) is 5.39. The molecule has 0 unspecified atom stereocenters. The van der Waals surface area contributed by atoms with Gasteiger partial charge in [-0.1, -0.05) is 38.1 Å². The third kappa shape index (κ3) is 7.25. The Morgan fingerprint density at radius 1 is 1.00 bits per heavy atom. The van der Waals surface area contributed by atoms with Gasteiger partial charge in [0.25, 0.3) is 0 Å². The lowest BCUT2D eigenvalue weighted by Gasteiger charge is -2.33. The maximum Gasteiger partial charge on any atom is 0.416 e. The van der Waals surface area contributed by atoms with Crippen molar-refractivity contribution in [3.63, 3.8) is 0 Å². The molecular weight excluding hydrogens is 553 g/mol. The second-order valence-electron chi connectivity index (χ2n) is 11.8. The number of hydrogen-bond donors (Lipinski definition) is 0. The van der Waals surface area contributed by atoms with Crippen molar-refractivity contribution in [2.24, 2.45) is 0 Å². The minimum Gasteiger partial charge on any atom is -0.424 e. The molecule has 10 heteroatoms. The Morgan fingerprint density at radius 3 is 2.37 bits per heavy atom. The van der Waals surface area contributed by atoms with Crippen LogP contribution in [0.25, 0.3) is 22.6 Å². The van der Waals surface area contributed by atoms with E-state index in [-0.39, 0.29) is 12.1 Å². The number of imidazole rings is 1. The molecule has 0 atom stereocenters. The van der Waals surface area contributed by atoms with Gasteiger partial charge in [0.05, 0.1) is 29.0 Å². The summed E-state index contributed by atoms with van der Waals surface area (Å²) in [4.78, 5) is 18.6. The maximum absolute atomic E-state index is 13.3. The highest BCUT2D eigenvalue weighted by Gasteiger charge is 2.31. The van der Waals surface area contributed by atoms with E-state index >= 15 is 0 Å². The number of halogens is 3. The molecule has 2 aromatic heterocycles. The third-order valence-electron chi connectivity index (χ3n) is 8.05. The van der Waals surface area contributed by atoms with Gasteiger partial charge in [0, 0.05) is 44.0 Å². The summed E-state index contributed by atoms with van der Waals surface area (Å²) in [5.41, 5.74) is 3.93. The van der Waals surface area contributed by atoms with Gasteiger partial charge in [-0.15, -0.1) is 0 Å². The lowest BCUT2D eigenvalue weighted by Crippen LogP contribution is -2.38. The number of likely N-dealkylation sites (tertiary alicyclic amines) is 1. The van der Waals surface area contributed by atoms with Gasteiger partial charge in [-0.05, 0) is 75.2 Å². The zero-order chi connectivity index (χ0) is 30.7. The molecule has 1 aliphatic rings. The van der Waals surface area contributed by atoms with E-state index in [1.807, 2.05) is 19.1 Å². The summed E-state index contributed by atoms with van der Waals surface area (Å²) in [5.74, 6) is 1.02. The molecule has 0 saturated carbocycles. The first kappa shape index (κ1) is 30.7. The zero-order valence-electron chi connectivity index (χ0n) is 25.4. The number of piperidine rings is 1. The van der Waals surface area contributed by atoms with Gasteiger partial charge in [0.2, 0.25) is 0 Å². The maximum atomic E-state index is 13.3. The van der Waals surface area contributed by atoms with Gasteiger partial charge < -0.3 is 19.1 Å². The quantitative estimate of drug-likeness (QED) is 0.201. The highest BCUT2D eigenvalue weighted by atomic mass is 19.4. The van der Waals surface area contributed by atoms with E-state index in [9.17, 15) is 13.2 Å². The van der Waals surface area contributed by atoms with E-state index in [0.717, 1.165) is 68.0 Å². The first-order chi connectivity index (χ1) is 20.5. The average molecular weight is 593 g/mol. The van der Waals surface area contributed by atoms with Crippen molar-refractivity contribution in [1.29, 1.82) is 0 Å². The van der Waals surface area contributed by atoms with Crippen LogP contribution in [-0.2, 0) is 6.18 Å². The Hall–Kier alpha value is -3.76. The fourth-order valence-corrected chi connectivity index (χ4v) is 5.39. The van der Waals surface area contributed by atoms with Crippen LogP contribution in [0.15, 0.2) is 61.1 Å². The Labute approximate surface area is 251 Å². The van der Waals surface area contributed by atoms with Crippen LogP contribution in [0.5, 0.6) is 11.8 Å². The van der Waals surface area contributed by atoms with Gasteiger partial charge in [0.1, 0.15) is 5.75 Å². The van der Waals surface area contributed by atoms with Crippen LogP contribution in [0.2, 0.25) is 0 Å². The number of aromatic nitrogens is 4. The van der Waals surface area contributed by atoms with Crippen LogP contribution in [0.3, 0.4) is 0 Å². The Balaban J connectivity index is 1.50. The molecule has 0 aliphatic carbocycles. The average Bonchev–Trinajstić information content (AvgIpc) is 3.42. The molecule has 1 aliphatic heterocycles. The first-order valence-electron chi connectivity index (χ1n) is 14.7. The molecule has 43 heavy (non-hydrogen) atoms. The van der Waals surface area contributed by atoms with Crippen molar-refractivity contribution in [1.82, 2.24) is 29.3 Å². The summed E-state index contributed by atoms with van der Waals surface area (Å²) in [6.07, 6.45) is 0.890. The number of rotatable bonds is 9. The molecule has 0 bridgehead atoms. The Kier molecular flexibility index (Phi) is 9.17. The number of benzene rings is 2. The number of ether oxygens (including phenoxy) is 1. The van der Waals surface area contributed by atoms with E-state index in [1.165, 1.54) is 12.1 Å². The third-order valence-corrected chi connectivity index (χ3v) is 8.05. The molecular formula is C33H39F3N6O. The van der Waals surface area contributed by atoms with Crippen LogP contribution in [0.4, 0.5) is 13.2 Å². The Bertz CT molecular complexity index is 1520. The van der Waals surface area contributed by atoms with Crippen molar-refractivity contribution >= 4 is 0 Å². The summed E-state index contributed by atoms with van der Waals surface area (Å²) in [7, 11) is 4.16. The highest BCUT2D eigenvalue weighted by Crippen LogP contribution is 2.38. The first-order valence-corrected chi connectivity index (χ1v) is 14.7. The van der Waals surface area contributed by atoms with Gasteiger partial charge >= 0.3 is 12.2 Å². The number of aryl methyl sites for hydroxylation is 1. The largest absolute Gasteiger partial charge is 0.424 e. The van der Waals surface area contributed by atoms with Crippen molar-refractivity contribution < 1.29 is 17.9 Å². The normalized spacial score (nSPS) is 15.0. The van der Waals surface area contributed by atoms with Crippen LogP contribution < -0.4 is 4.74 Å². The second-order valence-corrected chi connectivity index (χ2v) is 11.8. The molecule has 3 heterocycles. The van der Waals surface area contributed by atoms with Crippen molar-refractivity contribution in [2.45, 2.75) is 51.7 Å². The number of likely N-dealkylation sites (N-methyl/N-ethyl adjacent to an activating group) is 1. The summed E-state index contributed by atoms with van der Waals surface area (Å²) >= 11 is 0. The molecule has 0 spiro atoms. The molecule has 1 fully saturated rings. The van der Waals surface area contributed by atoms with Crippen molar-refractivity contribution in [3.8, 4) is 34.4 Å². The van der Waals surface area contributed by atoms with E-state index in [0.29, 0.717) is 28.6 Å². The lowest BCUT2D eigenvalue weighted by molar-refractivity contribution is -0.137. The van der Waals surface area contributed by atoms with E-state index in [4.69, 9.17) is 14.7 Å². The number of hydrogen-bond acceptors (Lipinski definition) is 6. The second kappa shape index (κ2) is 12.9. The van der Waals surface area contributed by atoms with E-state index in [1.54, 1.807) is 18.6 Å². The predicted octanol–water partition coefficient (Wildman–Crippen LogP) is 7.45. The molecule has 1 saturated heterocycles.